The van der Waals surface area contributed by atoms with Crippen molar-refractivity contribution in [1.82, 2.24) is 15.5 Å². The Morgan fingerprint density at radius 2 is 2.26 bits per heavy atom. The molecule has 19 heavy (non-hydrogen) atoms. The van der Waals surface area contributed by atoms with E-state index in [0.29, 0.717) is 35.3 Å². The first-order valence-corrected chi connectivity index (χ1v) is 6.75. The molecule has 2 rings (SSSR count). The second-order valence-electron chi connectivity index (χ2n) is 3.90. The van der Waals surface area contributed by atoms with Crippen LogP contribution in [-0.2, 0) is 6.42 Å². The second-order valence-corrected chi connectivity index (χ2v) is 5.25. The fourth-order valence-corrected chi connectivity index (χ4v) is 2.37. The van der Waals surface area contributed by atoms with Crippen molar-refractivity contribution in [3.05, 3.63) is 45.0 Å². The summed E-state index contributed by atoms with van der Waals surface area (Å²) >= 11 is 9.17. The SMILES string of the molecule is Cc1noc(CCNC(=O)c2cc(Cl)cc(Br)c2)n1. The first kappa shape index (κ1) is 14.0. The zero-order valence-electron chi connectivity index (χ0n) is 10.1. The number of nitrogens with zero attached hydrogens (tertiary/aromatic N) is 2. The van der Waals surface area contributed by atoms with Gasteiger partial charge in [0.2, 0.25) is 5.89 Å². The molecule has 7 heteroatoms. The topological polar surface area (TPSA) is 68.0 Å². The van der Waals surface area contributed by atoms with Gasteiger partial charge in [0.05, 0.1) is 0 Å². The van der Waals surface area contributed by atoms with Crippen LogP contribution in [-0.4, -0.2) is 22.6 Å². The summed E-state index contributed by atoms with van der Waals surface area (Å²) in [7, 11) is 0. The number of hydrogen-bond acceptors (Lipinski definition) is 4. The van der Waals surface area contributed by atoms with Crippen molar-refractivity contribution in [2.24, 2.45) is 0 Å². The minimum Gasteiger partial charge on any atom is -0.352 e. The molecule has 5 nitrogen and oxygen atoms in total. The number of benzene rings is 1. The Balaban J connectivity index is 1.90. The van der Waals surface area contributed by atoms with Gasteiger partial charge in [0.15, 0.2) is 5.82 Å². The highest BCUT2D eigenvalue weighted by molar-refractivity contribution is 9.10. The van der Waals surface area contributed by atoms with Gasteiger partial charge in [-0.1, -0.05) is 32.7 Å². The third-order valence-corrected chi connectivity index (χ3v) is 2.99. The Kier molecular flexibility index (Phi) is 4.55. The fraction of sp³-hybridized carbons (Fsp3) is 0.250. The highest BCUT2D eigenvalue weighted by atomic mass is 79.9. The fourth-order valence-electron chi connectivity index (χ4n) is 1.51. The summed E-state index contributed by atoms with van der Waals surface area (Å²) in [5, 5.41) is 6.94. The van der Waals surface area contributed by atoms with E-state index in [4.69, 9.17) is 16.1 Å². The van der Waals surface area contributed by atoms with Crippen LogP contribution in [0.4, 0.5) is 0 Å². The number of amides is 1. The average molecular weight is 345 g/mol. The highest BCUT2D eigenvalue weighted by Crippen LogP contribution is 2.19. The molecule has 1 heterocycles. The molecule has 1 aromatic heterocycles. The van der Waals surface area contributed by atoms with Crippen LogP contribution in [0.25, 0.3) is 0 Å². The Bertz CT molecular complexity index is 580. The lowest BCUT2D eigenvalue weighted by molar-refractivity contribution is 0.0953. The molecule has 0 saturated heterocycles. The maximum absolute atomic E-state index is 11.9. The van der Waals surface area contributed by atoms with Crippen molar-refractivity contribution in [3.8, 4) is 0 Å². The number of aromatic nitrogens is 2. The minimum absolute atomic E-state index is 0.195. The zero-order chi connectivity index (χ0) is 13.8. The smallest absolute Gasteiger partial charge is 0.251 e. The van der Waals surface area contributed by atoms with Gasteiger partial charge in [-0.15, -0.1) is 0 Å². The molecule has 0 unspecified atom stereocenters. The van der Waals surface area contributed by atoms with E-state index in [1.165, 1.54) is 0 Å². The molecule has 0 spiro atoms. The summed E-state index contributed by atoms with van der Waals surface area (Å²) in [6.07, 6.45) is 0.494. The van der Waals surface area contributed by atoms with Crippen LogP contribution < -0.4 is 5.32 Å². The zero-order valence-corrected chi connectivity index (χ0v) is 12.5. The Hall–Kier alpha value is -1.40. The molecular formula is C12H11BrClN3O2. The van der Waals surface area contributed by atoms with Crippen LogP contribution in [0.2, 0.25) is 5.02 Å². The molecule has 100 valence electrons. The summed E-state index contributed by atoms with van der Waals surface area (Å²) in [5.41, 5.74) is 0.501. The Morgan fingerprint density at radius 3 is 2.89 bits per heavy atom. The van der Waals surface area contributed by atoms with Gasteiger partial charge in [-0.25, -0.2) is 0 Å². The van der Waals surface area contributed by atoms with Gasteiger partial charge in [0.1, 0.15) is 0 Å². The van der Waals surface area contributed by atoms with E-state index >= 15 is 0 Å². The molecule has 0 fully saturated rings. The molecule has 1 N–H and O–H groups in total. The normalized spacial score (nSPS) is 10.5. The van der Waals surface area contributed by atoms with Crippen molar-refractivity contribution < 1.29 is 9.32 Å². The molecule has 0 atom stereocenters. The molecule has 2 aromatic rings. The average Bonchev–Trinajstić information content (AvgIpc) is 2.73. The first-order valence-electron chi connectivity index (χ1n) is 5.58. The van der Waals surface area contributed by atoms with Crippen molar-refractivity contribution in [2.45, 2.75) is 13.3 Å². The van der Waals surface area contributed by atoms with Gasteiger partial charge in [-0.05, 0) is 25.1 Å². The van der Waals surface area contributed by atoms with Gasteiger partial charge in [0.25, 0.3) is 5.91 Å². The lowest BCUT2D eigenvalue weighted by Gasteiger charge is -2.04. The standard InChI is InChI=1S/C12H11BrClN3O2/c1-7-16-11(19-17-7)2-3-15-12(18)8-4-9(13)6-10(14)5-8/h4-6H,2-3H2,1H3,(H,15,18). The largest absolute Gasteiger partial charge is 0.352 e. The summed E-state index contributed by atoms with van der Waals surface area (Å²) < 4.78 is 5.71. The second kappa shape index (κ2) is 6.16. The monoisotopic (exact) mass is 343 g/mol. The summed E-state index contributed by atoms with van der Waals surface area (Å²) in [4.78, 5) is 15.9. The summed E-state index contributed by atoms with van der Waals surface area (Å²) in [6, 6.07) is 5.04. The lowest BCUT2D eigenvalue weighted by Crippen LogP contribution is -2.25. The molecule has 0 saturated carbocycles. The number of carbonyl (C=O) groups is 1. The van der Waals surface area contributed by atoms with Crippen LogP contribution in [0.5, 0.6) is 0 Å². The van der Waals surface area contributed by atoms with Gasteiger partial charge < -0.3 is 9.84 Å². The minimum atomic E-state index is -0.195. The van der Waals surface area contributed by atoms with Crippen LogP contribution >= 0.6 is 27.5 Å². The van der Waals surface area contributed by atoms with E-state index in [-0.39, 0.29) is 5.91 Å². The van der Waals surface area contributed by atoms with Crippen LogP contribution in [0.1, 0.15) is 22.1 Å². The van der Waals surface area contributed by atoms with Crippen molar-refractivity contribution >= 4 is 33.4 Å². The van der Waals surface area contributed by atoms with Gasteiger partial charge in [-0.3, -0.25) is 4.79 Å². The van der Waals surface area contributed by atoms with E-state index < -0.39 is 0 Å². The van der Waals surface area contributed by atoms with Crippen LogP contribution in [0.3, 0.4) is 0 Å². The van der Waals surface area contributed by atoms with E-state index in [1.807, 2.05) is 0 Å². The van der Waals surface area contributed by atoms with Crippen molar-refractivity contribution in [2.75, 3.05) is 6.54 Å². The van der Waals surface area contributed by atoms with E-state index in [9.17, 15) is 4.79 Å². The maximum Gasteiger partial charge on any atom is 0.251 e. The molecule has 1 amide bonds. The number of halogens is 2. The van der Waals surface area contributed by atoms with E-state index in [1.54, 1.807) is 25.1 Å². The van der Waals surface area contributed by atoms with E-state index in [0.717, 1.165) is 4.47 Å². The number of hydrogen-bond donors (Lipinski definition) is 1. The van der Waals surface area contributed by atoms with E-state index in [2.05, 4.69) is 31.4 Å². The van der Waals surface area contributed by atoms with Crippen molar-refractivity contribution in [3.63, 3.8) is 0 Å². The Labute approximate surface area is 123 Å². The number of nitrogens with one attached hydrogen (secondary N) is 1. The molecule has 0 radical (unpaired) electrons. The quantitative estimate of drug-likeness (QED) is 0.926. The Morgan fingerprint density at radius 1 is 1.47 bits per heavy atom. The third kappa shape index (κ3) is 4.04. The van der Waals surface area contributed by atoms with Gasteiger partial charge in [0, 0.05) is 28.0 Å². The van der Waals surface area contributed by atoms with Crippen LogP contribution in [0.15, 0.2) is 27.2 Å². The third-order valence-electron chi connectivity index (χ3n) is 2.32. The molecular weight excluding hydrogens is 334 g/mol. The lowest BCUT2D eigenvalue weighted by atomic mass is 10.2. The summed E-state index contributed by atoms with van der Waals surface area (Å²) in [6.45, 7) is 2.17. The van der Waals surface area contributed by atoms with Gasteiger partial charge >= 0.3 is 0 Å². The number of aryl methyl sites for hydroxylation is 1. The highest BCUT2D eigenvalue weighted by Gasteiger charge is 2.08. The molecule has 0 bridgehead atoms. The predicted octanol–water partition coefficient (Wildman–Crippen LogP) is 2.77. The number of carbonyl (C=O) groups excluding carboxylic acids is 1. The predicted molar refractivity (Wildman–Crippen MR) is 74.2 cm³/mol. The number of rotatable bonds is 4. The molecule has 0 aliphatic rings. The maximum atomic E-state index is 11.9. The van der Waals surface area contributed by atoms with Crippen LogP contribution in [0, 0.1) is 6.92 Å². The molecule has 0 aliphatic heterocycles. The van der Waals surface area contributed by atoms with Gasteiger partial charge in [-0.2, -0.15) is 4.98 Å². The molecule has 1 aromatic carbocycles. The first-order chi connectivity index (χ1) is 9.04. The van der Waals surface area contributed by atoms with Crippen molar-refractivity contribution in [1.29, 1.82) is 0 Å². The summed E-state index contributed by atoms with van der Waals surface area (Å²) in [5.74, 6) is 0.893. The molecule has 0 aliphatic carbocycles.